The predicted octanol–water partition coefficient (Wildman–Crippen LogP) is 4.21. The van der Waals surface area contributed by atoms with Crippen LogP contribution in [0.2, 0.25) is 0 Å². The minimum Gasteiger partial charge on any atom is -0.493 e. The topological polar surface area (TPSA) is 98.4 Å². The lowest BCUT2D eigenvalue weighted by molar-refractivity contribution is 0.102. The number of nitrogens with one attached hydrogen (secondary N) is 2. The molecule has 0 bridgehead atoms. The van der Waals surface area contributed by atoms with Gasteiger partial charge in [0.2, 0.25) is 5.75 Å². The first-order chi connectivity index (χ1) is 15.0. The van der Waals surface area contributed by atoms with Gasteiger partial charge in [-0.25, -0.2) is 4.98 Å². The quantitative estimate of drug-likeness (QED) is 0.487. The van der Waals surface area contributed by atoms with E-state index in [4.69, 9.17) is 19.2 Å². The van der Waals surface area contributed by atoms with Gasteiger partial charge in [-0.3, -0.25) is 9.89 Å². The largest absolute Gasteiger partial charge is 0.493 e. The molecule has 8 nitrogen and oxygen atoms in total. The van der Waals surface area contributed by atoms with Gasteiger partial charge in [-0.1, -0.05) is 18.2 Å². The van der Waals surface area contributed by atoms with E-state index in [9.17, 15) is 4.79 Å². The number of carbonyl (C=O) groups is 1. The van der Waals surface area contributed by atoms with E-state index < -0.39 is 0 Å². The van der Waals surface area contributed by atoms with Crippen molar-refractivity contribution < 1.29 is 19.0 Å². The molecule has 158 valence electrons. The van der Waals surface area contributed by atoms with Gasteiger partial charge in [-0.2, -0.15) is 5.10 Å². The fourth-order valence-corrected chi connectivity index (χ4v) is 3.41. The van der Waals surface area contributed by atoms with Gasteiger partial charge >= 0.3 is 0 Å². The summed E-state index contributed by atoms with van der Waals surface area (Å²) in [7, 11) is 4.66. The van der Waals surface area contributed by atoms with Crippen LogP contribution in [0, 0.1) is 6.92 Å². The van der Waals surface area contributed by atoms with Crippen LogP contribution in [0.1, 0.15) is 16.1 Å². The van der Waals surface area contributed by atoms with Crippen LogP contribution in [0.3, 0.4) is 0 Å². The molecule has 8 heteroatoms. The molecule has 4 aromatic rings. The first-order valence-electron chi connectivity index (χ1n) is 9.57. The van der Waals surface area contributed by atoms with Crippen molar-refractivity contribution in [3.8, 4) is 28.5 Å². The van der Waals surface area contributed by atoms with Gasteiger partial charge in [0, 0.05) is 22.7 Å². The normalized spacial score (nSPS) is 10.7. The molecule has 0 spiro atoms. The van der Waals surface area contributed by atoms with Crippen molar-refractivity contribution in [1.82, 2.24) is 15.2 Å². The van der Waals surface area contributed by atoms with Crippen LogP contribution in [0.4, 0.5) is 5.82 Å². The second-order valence-corrected chi connectivity index (χ2v) is 6.88. The Bertz CT molecular complexity index is 1240. The number of pyridine rings is 1. The Labute approximate surface area is 179 Å². The summed E-state index contributed by atoms with van der Waals surface area (Å²) in [4.78, 5) is 17.9. The van der Waals surface area contributed by atoms with E-state index in [-0.39, 0.29) is 5.91 Å². The number of fused-ring (bicyclic) bond motifs is 1. The average molecular weight is 418 g/mol. The molecule has 0 aliphatic heterocycles. The maximum Gasteiger partial charge on any atom is 0.257 e. The lowest BCUT2D eigenvalue weighted by atomic mass is 10.0. The van der Waals surface area contributed by atoms with Gasteiger partial charge in [-0.05, 0) is 31.2 Å². The molecule has 4 rings (SSSR count). The molecular formula is C23H22N4O4. The molecule has 0 saturated carbocycles. The van der Waals surface area contributed by atoms with Crippen LogP contribution in [-0.4, -0.2) is 42.4 Å². The summed E-state index contributed by atoms with van der Waals surface area (Å²) in [6.07, 6.45) is 0. The Morgan fingerprint density at radius 1 is 0.968 bits per heavy atom. The minimum absolute atomic E-state index is 0.279. The lowest BCUT2D eigenvalue weighted by Crippen LogP contribution is -2.13. The summed E-state index contributed by atoms with van der Waals surface area (Å²) in [5.41, 5.74) is 3.35. The molecule has 0 radical (unpaired) electrons. The maximum absolute atomic E-state index is 13.1. The van der Waals surface area contributed by atoms with Crippen LogP contribution in [0.5, 0.6) is 17.2 Å². The number of H-pyrrole nitrogens is 1. The SMILES string of the molecule is COc1cc(-c2cc(C(=O)Nc3cc(C)[nH]n3)c3ccccc3n2)cc(OC)c1OC. The molecule has 0 fully saturated rings. The third kappa shape index (κ3) is 3.87. The van der Waals surface area contributed by atoms with Crippen molar-refractivity contribution >= 4 is 22.6 Å². The van der Waals surface area contributed by atoms with Crippen molar-refractivity contribution in [2.75, 3.05) is 26.6 Å². The Morgan fingerprint density at radius 2 is 1.68 bits per heavy atom. The molecule has 0 saturated heterocycles. The number of aromatic amines is 1. The van der Waals surface area contributed by atoms with Crippen molar-refractivity contribution in [3.63, 3.8) is 0 Å². The molecule has 0 aliphatic rings. The van der Waals surface area contributed by atoms with Gasteiger partial charge in [-0.15, -0.1) is 0 Å². The highest BCUT2D eigenvalue weighted by atomic mass is 16.5. The first-order valence-corrected chi connectivity index (χ1v) is 9.57. The maximum atomic E-state index is 13.1. The number of nitrogens with zero attached hydrogens (tertiary/aromatic N) is 2. The molecule has 2 aromatic carbocycles. The lowest BCUT2D eigenvalue weighted by Gasteiger charge is -2.15. The Kier molecular flexibility index (Phi) is 5.44. The molecule has 2 aromatic heterocycles. The van der Waals surface area contributed by atoms with Crippen LogP contribution in [0.25, 0.3) is 22.2 Å². The number of methoxy groups -OCH3 is 3. The average Bonchev–Trinajstić information content (AvgIpc) is 3.21. The molecule has 1 amide bonds. The number of rotatable bonds is 6. The number of aromatic nitrogens is 3. The summed E-state index contributed by atoms with van der Waals surface area (Å²) >= 11 is 0. The number of anilines is 1. The van der Waals surface area contributed by atoms with E-state index in [2.05, 4.69) is 15.5 Å². The number of hydrogen-bond donors (Lipinski definition) is 2. The Balaban J connectivity index is 1.86. The van der Waals surface area contributed by atoms with Gasteiger partial charge in [0.05, 0.1) is 38.1 Å². The second kappa shape index (κ2) is 8.35. The van der Waals surface area contributed by atoms with Crippen molar-refractivity contribution in [2.24, 2.45) is 0 Å². The highest BCUT2D eigenvalue weighted by molar-refractivity contribution is 6.12. The molecule has 0 aliphatic carbocycles. The minimum atomic E-state index is -0.279. The third-order valence-electron chi connectivity index (χ3n) is 4.87. The van der Waals surface area contributed by atoms with E-state index in [1.807, 2.05) is 31.2 Å². The number of carbonyl (C=O) groups excluding carboxylic acids is 1. The van der Waals surface area contributed by atoms with Gasteiger partial charge in [0.15, 0.2) is 17.3 Å². The fraction of sp³-hybridized carbons (Fsp3) is 0.174. The predicted molar refractivity (Wildman–Crippen MR) is 118 cm³/mol. The second-order valence-electron chi connectivity index (χ2n) is 6.88. The van der Waals surface area contributed by atoms with E-state index in [0.29, 0.717) is 39.8 Å². The zero-order chi connectivity index (χ0) is 22.0. The van der Waals surface area contributed by atoms with E-state index in [1.54, 1.807) is 45.6 Å². The fourth-order valence-electron chi connectivity index (χ4n) is 3.41. The van der Waals surface area contributed by atoms with Gasteiger partial charge < -0.3 is 19.5 Å². The Morgan fingerprint density at radius 3 is 2.29 bits per heavy atom. The molecule has 2 N–H and O–H groups in total. The molecular weight excluding hydrogens is 396 g/mol. The van der Waals surface area contributed by atoms with Crippen molar-refractivity contribution in [1.29, 1.82) is 0 Å². The first kappa shape index (κ1) is 20.2. The zero-order valence-corrected chi connectivity index (χ0v) is 17.6. The summed E-state index contributed by atoms with van der Waals surface area (Å²) in [5.74, 6) is 1.67. The number of aryl methyl sites for hydroxylation is 1. The third-order valence-corrected chi connectivity index (χ3v) is 4.87. The number of benzene rings is 2. The van der Waals surface area contributed by atoms with Crippen LogP contribution in [0.15, 0.2) is 48.5 Å². The summed E-state index contributed by atoms with van der Waals surface area (Å²) in [5, 5.41) is 10.5. The van der Waals surface area contributed by atoms with Crippen LogP contribution >= 0.6 is 0 Å². The molecule has 31 heavy (non-hydrogen) atoms. The van der Waals surface area contributed by atoms with Gasteiger partial charge in [0.25, 0.3) is 5.91 Å². The number of ether oxygens (including phenoxy) is 3. The highest BCUT2D eigenvalue weighted by Gasteiger charge is 2.18. The monoisotopic (exact) mass is 418 g/mol. The van der Waals surface area contributed by atoms with E-state index in [1.165, 1.54) is 0 Å². The zero-order valence-electron chi connectivity index (χ0n) is 17.6. The Hall–Kier alpha value is -4.07. The smallest absolute Gasteiger partial charge is 0.257 e. The van der Waals surface area contributed by atoms with Crippen molar-refractivity contribution in [3.05, 3.63) is 59.8 Å². The summed E-state index contributed by atoms with van der Waals surface area (Å²) < 4.78 is 16.3. The summed E-state index contributed by atoms with van der Waals surface area (Å²) in [6.45, 7) is 1.87. The number of amides is 1. The van der Waals surface area contributed by atoms with E-state index >= 15 is 0 Å². The highest BCUT2D eigenvalue weighted by Crippen LogP contribution is 2.41. The standard InChI is InChI=1S/C23H22N4O4/c1-13-9-21(27-26-13)25-23(28)16-12-18(24-17-8-6-5-7-15(16)17)14-10-19(29-2)22(31-4)20(11-14)30-3/h5-12H,1-4H3,(H2,25,26,27,28). The summed E-state index contributed by atoms with van der Waals surface area (Å²) in [6, 6.07) is 14.6. The molecule has 0 unspecified atom stereocenters. The van der Waals surface area contributed by atoms with E-state index in [0.717, 1.165) is 16.6 Å². The van der Waals surface area contributed by atoms with Crippen LogP contribution in [-0.2, 0) is 0 Å². The van der Waals surface area contributed by atoms with Crippen LogP contribution < -0.4 is 19.5 Å². The molecule has 2 heterocycles. The van der Waals surface area contributed by atoms with Crippen molar-refractivity contribution in [2.45, 2.75) is 6.92 Å². The number of para-hydroxylation sites is 1. The number of hydrogen-bond acceptors (Lipinski definition) is 6. The van der Waals surface area contributed by atoms with Gasteiger partial charge in [0.1, 0.15) is 0 Å². The molecule has 0 atom stereocenters.